The van der Waals surface area contributed by atoms with Crippen molar-refractivity contribution in [3.63, 3.8) is 0 Å². The standard InChI is InChI=1S/C9H10N6O2S2/c1-15-12-9(11-14-15)13-19(16,17)7-4-2-3-6(5-7)8(10)18/h2-5H,1H3,(H2,10,18)(H,12,13). The molecule has 2 rings (SSSR count). The lowest BCUT2D eigenvalue weighted by atomic mass is 10.2. The summed E-state index contributed by atoms with van der Waals surface area (Å²) in [6, 6.07) is 5.97. The molecule has 0 aliphatic rings. The molecule has 0 aliphatic carbocycles. The van der Waals surface area contributed by atoms with Gasteiger partial charge in [-0.05, 0) is 17.3 Å². The number of rotatable bonds is 4. The Kier molecular flexibility index (Phi) is 3.44. The summed E-state index contributed by atoms with van der Waals surface area (Å²) in [5.41, 5.74) is 5.92. The molecule has 1 aromatic heterocycles. The van der Waals surface area contributed by atoms with Crippen LogP contribution in [0.5, 0.6) is 0 Å². The Morgan fingerprint density at radius 3 is 2.79 bits per heavy atom. The van der Waals surface area contributed by atoms with Crippen molar-refractivity contribution in [2.45, 2.75) is 4.90 Å². The van der Waals surface area contributed by atoms with Gasteiger partial charge in [0.05, 0.1) is 11.9 Å². The Bertz CT molecular complexity index is 724. The molecule has 0 saturated heterocycles. The van der Waals surface area contributed by atoms with Gasteiger partial charge in [0.25, 0.3) is 16.0 Å². The van der Waals surface area contributed by atoms with E-state index >= 15 is 0 Å². The quantitative estimate of drug-likeness (QED) is 0.741. The van der Waals surface area contributed by atoms with Gasteiger partial charge in [0, 0.05) is 5.56 Å². The third kappa shape index (κ3) is 3.03. The molecule has 3 N–H and O–H groups in total. The van der Waals surface area contributed by atoms with Crippen LogP contribution in [0.25, 0.3) is 0 Å². The molecule has 19 heavy (non-hydrogen) atoms. The normalized spacial score (nSPS) is 11.2. The summed E-state index contributed by atoms with van der Waals surface area (Å²) in [7, 11) is -2.27. The highest BCUT2D eigenvalue weighted by Crippen LogP contribution is 2.14. The van der Waals surface area contributed by atoms with E-state index in [0.717, 1.165) is 4.80 Å². The molecule has 0 spiro atoms. The molecule has 0 amide bonds. The molecule has 0 radical (unpaired) electrons. The number of hydrogen-bond acceptors (Lipinski definition) is 6. The van der Waals surface area contributed by atoms with Crippen LogP contribution < -0.4 is 10.5 Å². The number of thiocarbonyl (C=S) groups is 1. The number of nitrogens with two attached hydrogens (primary N) is 1. The number of nitrogens with zero attached hydrogens (tertiary/aromatic N) is 4. The van der Waals surface area contributed by atoms with E-state index in [2.05, 4.69) is 20.1 Å². The molecule has 1 aromatic carbocycles. The topological polar surface area (TPSA) is 116 Å². The molecule has 0 unspecified atom stereocenters. The molecule has 0 bridgehead atoms. The van der Waals surface area contributed by atoms with Gasteiger partial charge in [-0.25, -0.2) is 13.1 Å². The average Bonchev–Trinajstić information content (AvgIpc) is 2.74. The predicted octanol–water partition coefficient (Wildman–Crippen LogP) is -0.355. The number of sulfonamides is 1. The van der Waals surface area contributed by atoms with Crippen LogP contribution in [0.3, 0.4) is 0 Å². The maximum Gasteiger partial charge on any atom is 0.277 e. The Balaban J connectivity index is 2.34. The summed E-state index contributed by atoms with van der Waals surface area (Å²) in [4.78, 5) is 1.28. The lowest BCUT2D eigenvalue weighted by molar-refractivity contribution is 0.600. The van der Waals surface area contributed by atoms with E-state index in [0.29, 0.717) is 5.56 Å². The average molecular weight is 298 g/mol. The summed E-state index contributed by atoms with van der Waals surface area (Å²) < 4.78 is 26.4. The zero-order chi connectivity index (χ0) is 14.0. The number of nitrogens with one attached hydrogen (secondary N) is 1. The SMILES string of the molecule is Cn1nnc(NS(=O)(=O)c2cccc(C(N)=S)c2)n1. The van der Waals surface area contributed by atoms with Gasteiger partial charge in [0.2, 0.25) is 0 Å². The number of benzene rings is 1. The number of aromatic nitrogens is 4. The highest BCUT2D eigenvalue weighted by atomic mass is 32.2. The second-order valence-corrected chi connectivity index (χ2v) is 5.72. The molecule has 0 atom stereocenters. The minimum Gasteiger partial charge on any atom is -0.389 e. The first-order valence-electron chi connectivity index (χ1n) is 5.05. The molecule has 1 heterocycles. The first kappa shape index (κ1) is 13.4. The number of aryl methyl sites for hydroxylation is 1. The van der Waals surface area contributed by atoms with Gasteiger partial charge in [-0.15, -0.1) is 5.10 Å². The van der Waals surface area contributed by atoms with Crippen molar-refractivity contribution in [2.24, 2.45) is 12.8 Å². The molecule has 2 aromatic rings. The van der Waals surface area contributed by atoms with Crippen LogP contribution in [0.1, 0.15) is 5.56 Å². The van der Waals surface area contributed by atoms with Crippen LogP contribution in [-0.4, -0.2) is 33.6 Å². The molecule has 0 saturated carbocycles. The Hall–Kier alpha value is -2.07. The van der Waals surface area contributed by atoms with Crippen LogP contribution in [0, 0.1) is 0 Å². The van der Waals surface area contributed by atoms with E-state index in [4.69, 9.17) is 18.0 Å². The van der Waals surface area contributed by atoms with Crippen molar-refractivity contribution >= 4 is 33.2 Å². The van der Waals surface area contributed by atoms with Gasteiger partial charge >= 0.3 is 0 Å². The molecule has 0 fully saturated rings. The highest BCUT2D eigenvalue weighted by molar-refractivity contribution is 7.92. The third-order valence-corrected chi connectivity index (χ3v) is 3.72. The first-order chi connectivity index (χ1) is 8.88. The lowest BCUT2D eigenvalue weighted by Gasteiger charge is -2.05. The van der Waals surface area contributed by atoms with Crippen LogP contribution in [0.4, 0.5) is 5.95 Å². The minimum atomic E-state index is -3.80. The second kappa shape index (κ2) is 4.90. The van der Waals surface area contributed by atoms with E-state index in [9.17, 15) is 8.42 Å². The molecule has 100 valence electrons. The maximum atomic E-state index is 12.1. The monoisotopic (exact) mass is 298 g/mol. The molecule has 8 nitrogen and oxygen atoms in total. The number of hydrogen-bond donors (Lipinski definition) is 2. The van der Waals surface area contributed by atoms with E-state index in [1.54, 1.807) is 12.1 Å². The smallest absolute Gasteiger partial charge is 0.277 e. The van der Waals surface area contributed by atoms with E-state index in [-0.39, 0.29) is 15.8 Å². The molecular weight excluding hydrogens is 288 g/mol. The summed E-state index contributed by atoms with van der Waals surface area (Å²) in [6.07, 6.45) is 0. The molecule has 0 aliphatic heterocycles. The zero-order valence-corrected chi connectivity index (χ0v) is 11.4. The zero-order valence-electron chi connectivity index (χ0n) is 9.81. The largest absolute Gasteiger partial charge is 0.389 e. The van der Waals surface area contributed by atoms with Crippen molar-refractivity contribution < 1.29 is 8.42 Å². The van der Waals surface area contributed by atoms with Crippen LogP contribution in [-0.2, 0) is 17.1 Å². The van der Waals surface area contributed by atoms with Gasteiger partial charge < -0.3 is 5.73 Å². The summed E-state index contributed by atoms with van der Waals surface area (Å²) in [5.74, 6) is -0.108. The van der Waals surface area contributed by atoms with Crippen LogP contribution in [0.15, 0.2) is 29.2 Å². The van der Waals surface area contributed by atoms with Crippen molar-refractivity contribution in [3.8, 4) is 0 Å². The van der Waals surface area contributed by atoms with E-state index < -0.39 is 10.0 Å². The Morgan fingerprint density at radius 1 is 1.47 bits per heavy atom. The van der Waals surface area contributed by atoms with E-state index in [1.165, 1.54) is 19.2 Å². The summed E-state index contributed by atoms with van der Waals surface area (Å²) in [6.45, 7) is 0. The minimum absolute atomic E-state index is 0.0188. The fourth-order valence-electron chi connectivity index (χ4n) is 1.32. The fourth-order valence-corrected chi connectivity index (χ4v) is 2.43. The number of tetrazole rings is 1. The van der Waals surface area contributed by atoms with Gasteiger partial charge in [-0.1, -0.05) is 29.4 Å². The van der Waals surface area contributed by atoms with Gasteiger partial charge in [0.1, 0.15) is 4.99 Å². The van der Waals surface area contributed by atoms with Crippen molar-refractivity contribution in [1.82, 2.24) is 20.2 Å². The first-order valence-corrected chi connectivity index (χ1v) is 6.94. The molecular formula is C9H10N6O2S2. The Morgan fingerprint density at radius 2 is 2.21 bits per heavy atom. The maximum absolute atomic E-state index is 12.1. The summed E-state index contributed by atoms with van der Waals surface area (Å²) >= 11 is 4.80. The fraction of sp³-hybridized carbons (Fsp3) is 0.111. The van der Waals surface area contributed by atoms with E-state index in [1.807, 2.05) is 0 Å². The van der Waals surface area contributed by atoms with Gasteiger partial charge in [-0.2, -0.15) is 4.80 Å². The van der Waals surface area contributed by atoms with Gasteiger partial charge in [-0.3, -0.25) is 0 Å². The van der Waals surface area contributed by atoms with Crippen molar-refractivity contribution in [1.29, 1.82) is 0 Å². The second-order valence-electron chi connectivity index (χ2n) is 3.60. The third-order valence-electron chi connectivity index (χ3n) is 2.16. The van der Waals surface area contributed by atoms with Crippen molar-refractivity contribution in [3.05, 3.63) is 29.8 Å². The number of anilines is 1. The predicted molar refractivity (Wildman–Crippen MR) is 71.9 cm³/mol. The summed E-state index contributed by atoms with van der Waals surface area (Å²) in [5, 5.41) is 10.8. The van der Waals surface area contributed by atoms with Gasteiger partial charge in [0.15, 0.2) is 0 Å². The van der Waals surface area contributed by atoms with Crippen LogP contribution in [0.2, 0.25) is 0 Å². The van der Waals surface area contributed by atoms with Crippen LogP contribution >= 0.6 is 12.2 Å². The van der Waals surface area contributed by atoms with Crippen molar-refractivity contribution in [2.75, 3.05) is 4.72 Å². The molecule has 10 heteroatoms. The highest BCUT2D eigenvalue weighted by Gasteiger charge is 2.17. The lowest BCUT2D eigenvalue weighted by Crippen LogP contribution is -2.16. The Labute approximate surface area is 114 Å².